The second kappa shape index (κ2) is 9.73. The number of hydrogen-bond donors (Lipinski definition) is 0. The van der Waals surface area contributed by atoms with Gasteiger partial charge in [-0.3, -0.25) is 24.0 Å². The van der Waals surface area contributed by atoms with Crippen molar-refractivity contribution >= 4 is 29.5 Å². The smallest absolute Gasteiger partial charge is 0.303 e. The van der Waals surface area contributed by atoms with Crippen LogP contribution in [0.25, 0.3) is 0 Å². The molecule has 1 aliphatic carbocycles. The largest absolute Gasteiger partial charge is 0.465 e. The molecular weight excluding hydrogens is 424 g/mol. The molecule has 0 aromatic heterocycles. The average Bonchev–Trinajstić information content (AvgIpc) is 2.72. The van der Waals surface area contributed by atoms with Crippen LogP contribution in [0.3, 0.4) is 0 Å². The van der Waals surface area contributed by atoms with Gasteiger partial charge in [0.1, 0.15) is 6.61 Å². The number of carbonyl (C=O) groups excluding carboxylic acids is 5. The van der Waals surface area contributed by atoms with E-state index in [0.717, 1.165) is 6.08 Å². The lowest BCUT2D eigenvalue weighted by atomic mass is 9.92. The molecule has 1 aromatic rings. The third-order valence-electron chi connectivity index (χ3n) is 4.83. The first-order valence-corrected chi connectivity index (χ1v) is 9.83. The van der Waals surface area contributed by atoms with E-state index in [-0.39, 0.29) is 30.1 Å². The molecule has 1 fully saturated rings. The number of ketones is 2. The van der Waals surface area contributed by atoms with Gasteiger partial charge in [-0.1, -0.05) is 24.3 Å². The fourth-order valence-electron chi connectivity index (χ4n) is 3.52. The Morgan fingerprint density at radius 3 is 2.25 bits per heavy atom. The number of esters is 3. The summed E-state index contributed by atoms with van der Waals surface area (Å²) < 4.78 is 27.0. The molecule has 0 amide bonds. The van der Waals surface area contributed by atoms with Gasteiger partial charge in [0, 0.05) is 38.0 Å². The molecule has 4 atom stereocenters. The van der Waals surface area contributed by atoms with E-state index in [1.165, 1.54) is 32.9 Å². The molecule has 1 heterocycles. The van der Waals surface area contributed by atoms with E-state index in [1.54, 1.807) is 12.1 Å². The Hall–Kier alpha value is -3.53. The van der Waals surface area contributed by atoms with Crippen LogP contribution >= 0.6 is 0 Å². The van der Waals surface area contributed by atoms with Crippen LogP contribution in [0, 0.1) is 5.92 Å². The normalized spacial score (nSPS) is 24.7. The van der Waals surface area contributed by atoms with Crippen LogP contribution in [0.5, 0.6) is 0 Å². The third kappa shape index (κ3) is 5.20. The fourth-order valence-corrected chi connectivity index (χ4v) is 3.52. The Morgan fingerprint density at radius 2 is 1.62 bits per heavy atom. The number of hydrogen-bond acceptors (Lipinski definition) is 10. The lowest BCUT2D eigenvalue weighted by Gasteiger charge is -2.40. The third-order valence-corrected chi connectivity index (χ3v) is 4.83. The number of allylic oxidation sites excluding steroid dienone is 2. The molecule has 10 nitrogen and oxygen atoms in total. The van der Waals surface area contributed by atoms with Gasteiger partial charge in [0.25, 0.3) is 0 Å². The fraction of sp³-hybridized carbons (Fsp3) is 0.409. The first-order valence-electron chi connectivity index (χ1n) is 9.83. The van der Waals surface area contributed by atoms with Crippen molar-refractivity contribution in [3.05, 3.63) is 47.2 Å². The predicted octanol–water partition coefficient (Wildman–Crippen LogP) is 1.37. The number of benzene rings is 1. The molecular formula is C22H22O10. The van der Waals surface area contributed by atoms with Crippen molar-refractivity contribution in [2.75, 3.05) is 13.2 Å². The molecule has 0 saturated carbocycles. The Kier molecular flexibility index (Phi) is 7.04. The van der Waals surface area contributed by atoms with Gasteiger partial charge in [0.15, 0.2) is 23.8 Å². The van der Waals surface area contributed by atoms with Gasteiger partial charge in [-0.15, -0.1) is 0 Å². The topological polar surface area (TPSA) is 132 Å². The SMILES string of the molecule is CC(=O)OC[C@H]1[C@H](OC2=CC(=O)c3ccccc3C2=O)OC[C@@H](OC(C)=O)[C@@H]1OC(C)=O. The molecule has 10 heteroatoms. The van der Waals surface area contributed by atoms with Gasteiger partial charge in [-0.2, -0.15) is 0 Å². The molecule has 2 aliphatic rings. The molecule has 0 radical (unpaired) electrons. The Morgan fingerprint density at radius 1 is 0.969 bits per heavy atom. The molecule has 0 spiro atoms. The Bertz CT molecular complexity index is 979. The van der Waals surface area contributed by atoms with Gasteiger partial charge >= 0.3 is 17.9 Å². The first-order chi connectivity index (χ1) is 15.2. The van der Waals surface area contributed by atoms with Crippen molar-refractivity contribution in [3.63, 3.8) is 0 Å². The minimum atomic E-state index is -1.24. The van der Waals surface area contributed by atoms with Crippen LogP contribution in [0.1, 0.15) is 41.5 Å². The highest BCUT2D eigenvalue weighted by molar-refractivity contribution is 6.23. The Labute approximate surface area is 183 Å². The molecule has 32 heavy (non-hydrogen) atoms. The molecule has 1 saturated heterocycles. The summed E-state index contributed by atoms with van der Waals surface area (Å²) in [5.74, 6) is -4.08. The van der Waals surface area contributed by atoms with E-state index < -0.39 is 53.9 Å². The molecule has 1 aromatic carbocycles. The summed E-state index contributed by atoms with van der Waals surface area (Å²) in [5.41, 5.74) is 0.426. The van der Waals surface area contributed by atoms with Gasteiger partial charge in [-0.05, 0) is 0 Å². The van der Waals surface area contributed by atoms with Crippen molar-refractivity contribution in [3.8, 4) is 0 Å². The van der Waals surface area contributed by atoms with Crippen molar-refractivity contribution in [1.29, 1.82) is 0 Å². The van der Waals surface area contributed by atoms with Crippen LogP contribution in [-0.2, 0) is 38.1 Å². The monoisotopic (exact) mass is 446 g/mol. The highest BCUT2D eigenvalue weighted by atomic mass is 16.7. The maximum atomic E-state index is 12.8. The zero-order chi connectivity index (χ0) is 23.4. The van der Waals surface area contributed by atoms with Crippen LogP contribution in [0.2, 0.25) is 0 Å². The minimum Gasteiger partial charge on any atom is -0.465 e. The number of ether oxygens (including phenoxy) is 5. The van der Waals surface area contributed by atoms with Gasteiger partial charge < -0.3 is 23.7 Å². The minimum absolute atomic E-state index is 0.177. The average molecular weight is 446 g/mol. The van der Waals surface area contributed by atoms with Gasteiger partial charge in [0.2, 0.25) is 12.1 Å². The summed E-state index contributed by atoms with van der Waals surface area (Å²) in [6, 6.07) is 6.29. The molecule has 3 rings (SSSR count). The van der Waals surface area contributed by atoms with Gasteiger partial charge in [0.05, 0.1) is 12.5 Å². The van der Waals surface area contributed by atoms with Crippen molar-refractivity contribution in [2.45, 2.75) is 39.3 Å². The van der Waals surface area contributed by atoms with E-state index in [4.69, 9.17) is 23.7 Å². The summed E-state index contributed by atoms with van der Waals surface area (Å²) >= 11 is 0. The molecule has 170 valence electrons. The lowest BCUT2D eigenvalue weighted by Crippen LogP contribution is -2.55. The number of carbonyl (C=O) groups is 5. The van der Waals surface area contributed by atoms with Gasteiger partial charge in [-0.25, -0.2) is 0 Å². The maximum Gasteiger partial charge on any atom is 0.303 e. The zero-order valence-corrected chi connectivity index (χ0v) is 17.7. The zero-order valence-electron chi connectivity index (χ0n) is 17.7. The van der Waals surface area contributed by atoms with Crippen LogP contribution < -0.4 is 0 Å². The van der Waals surface area contributed by atoms with E-state index in [9.17, 15) is 24.0 Å². The summed E-state index contributed by atoms with van der Waals surface area (Å²) in [6.07, 6.45) is -2.26. The Balaban J connectivity index is 1.89. The lowest BCUT2D eigenvalue weighted by molar-refractivity contribution is -0.254. The molecule has 1 aliphatic heterocycles. The van der Waals surface area contributed by atoms with E-state index >= 15 is 0 Å². The van der Waals surface area contributed by atoms with E-state index in [2.05, 4.69) is 0 Å². The molecule has 0 bridgehead atoms. The highest BCUT2D eigenvalue weighted by Crippen LogP contribution is 2.31. The highest BCUT2D eigenvalue weighted by Gasteiger charge is 2.47. The molecule has 0 N–H and O–H groups in total. The standard InChI is InChI=1S/C22H22O10/c1-11(23)28-9-16-21(31-13(3)25)19(30-12(2)24)10-29-22(16)32-18-8-17(26)14-6-4-5-7-15(14)20(18)27/h4-8,16,19,21-22H,9-10H2,1-3H3/t16-,19-,21-,22+/m1/s1. The molecule has 0 unspecified atom stereocenters. The number of fused-ring (bicyclic) bond motifs is 1. The van der Waals surface area contributed by atoms with E-state index in [1.807, 2.05) is 0 Å². The van der Waals surface area contributed by atoms with E-state index in [0.29, 0.717) is 0 Å². The number of rotatable bonds is 6. The van der Waals surface area contributed by atoms with Crippen molar-refractivity contribution < 1.29 is 47.7 Å². The maximum absolute atomic E-state index is 12.8. The summed E-state index contributed by atoms with van der Waals surface area (Å²) in [5, 5.41) is 0. The first kappa shape index (κ1) is 23.1. The quantitative estimate of drug-likeness (QED) is 0.466. The van der Waals surface area contributed by atoms with Crippen LogP contribution in [-0.4, -0.2) is 61.2 Å². The number of Topliss-reactive ketones (excluding diaryl/α,β-unsaturated/α-hetero) is 1. The summed E-state index contributed by atoms with van der Waals surface area (Å²) in [7, 11) is 0. The van der Waals surface area contributed by atoms with Crippen molar-refractivity contribution in [2.24, 2.45) is 5.92 Å². The second-order valence-corrected chi connectivity index (χ2v) is 7.26. The summed E-state index contributed by atoms with van der Waals surface area (Å²) in [4.78, 5) is 59.8. The summed E-state index contributed by atoms with van der Waals surface area (Å²) in [6.45, 7) is 3.00. The van der Waals surface area contributed by atoms with Crippen LogP contribution in [0.15, 0.2) is 36.1 Å². The predicted molar refractivity (Wildman–Crippen MR) is 105 cm³/mol. The second-order valence-electron chi connectivity index (χ2n) is 7.26. The van der Waals surface area contributed by atoms with Crippen molar-refractivity contribution in [1.82, 2.24) is 0 Å². The van der Waals surface area contributed by atoms with Crippen LogP contribution in [0.4, 0.5) is 0 Å².